The Bertz CT molecular complexity index is 784. The second-order valence-electron chi connectivity index (χ2n) is 6.01. The molecular weight excluding hydrogens is 324 g/mol. The van der Waals surface area contributed by atoms with E-state index in [2.05, 4.69) is 10.6 Å². The van der Waals surface area contributed by atoms with Crippen LogP contribution in [0, 0.1) is 5.41 Å². The number of hydrogen-bond donors (Lipinski definition) is 2. The number of nitrogens with one attached hydrogen (secondary N) is 2. The van der Waals surface area contributed by atoms with Gasteiger partial charge in [0, 0.05) is 16.4 Å². The number of anilines is 2. The van der Waals surface area contributed by atoms with E-state index in [4.69, 9.17) is 11.6 Å². The number of halogens is 1. The van der Waals surface area contributed by atoms with E-state index in [1.54, 1.807) is 24.3 Å². The van der Waals surface area contributed by atoms with Gasteiger partial charge in [0.25, 0.3) is 0 Å². The molecule has 24 heavy (non-hydrogen) atoms. The van der Waals surface area contributed by atoms with Crippen molar-refractivity contribution in [2.75, 3.05) is 10.6 Å². The molecule has 2 amide bonds. The fraction of sp³-hybridized carbons (Fsp3) is 0.263. The number of carbonyl (C=O) groups is 2. The summed E-state index contributed by atoms with van der Waals surface area (Å²) in [5.74, 6) is -0.529. The van der Waals surface area contributed by atoms with Gasteiger partial charge in [-0.15, -0.1) is 0 Å². The van der Waals surface area contributed by atoms with Crippen molar-refractivity contribution in [2.24, 2.45) is 5.41 Å². The van der Waals surface area contributed by atoms with E-state index in [1.807, 2.05) is 31.2 Å². The van der Waals surface area contributed by atoms with Crippen molar-refractivity contribution in [3.05, 3.63) is 59.1 Å². The Morgan fingerprint density at radius 1 is 1.04 bits per heavy atom. The molecule has 3 rings (SSSR count). The van der Waals surface area contributed by atoms with Crippen LogP contribution in [0.2, 0.25) is 5.02 Å². The van der Waals surface area contributed by atoms with E-state index in [-0.39, 0.29) is 11.8 Å². The van der Waals surface area contributed by atoms with Crippen LogP contribution in [-0.4, -0.2) is 11.8 Å². The summed E-state index contributed by atoms with van der Waals surface area (Å²) >= 11 is 5.93. The molecule has 0 radical (unpaired) electrons. The first-order chi connectivity index (χ1) is 11.5. The van der Waals surface area contributed by atoms with Gasteiger partial charge in [-0.25, -0.2) is 0 Å². The molecule has 0 bridgehead atoms. The van der Waals surface area contributed by atoms with Crippen LogP contribution in [0.5, 0.6) is 0 Å². The first-order valence-electron chi connectivity index (χ1n) is 8.01. The van der Waals surface area contributed by atoms with Crippen LogP contribution in [0.1, 0.15) is 25.3 Å². The number of amides is 2. The maximum Gasteiger partial charge on any atom is 0.240 e. The number of carbonyl (C=O) groups excluding carboxylic acids is 2. The van der Waals surface area contributed by atoms with Gasteiger partial charge in [-0.1, -0.05) is 42.8 Å². The molecule has 0 spiro atoms. The van der Waals surface area contributed by atoms with E-state index in [0.29, 0.717) is 23.6 Å². The Balaban J connectivity index is 1.73. The van der Waals surface area contributed by atoms with Crippen LogP contribution < -0.4 is 10.6 Å². The van der Waals surface area contributed by atoms with Gasteiger partial charge in [0.1, 0.15) is 5.41 Å². The summed E-state index contributed by atoms with van der Waals surface area (Å²) in [6.45, 7) is 2.03. The number of rotatable bonds is 5. The van der Waals surface area contributed by atoms with Gasteiger partial charge in [-0.2, -0.15) is 0 Å². The molecule has 0 unspecified atom stereocenters. The minimum absolute atomic E-state index is 0.247. The fourth-order valence-corrected chi connectivity index (χ4v) is 2.88. The second kappa shape index (κ2) is 6.65. The molecule has 0 saturated heterocycles. The number of benzene rings is 2. The van der Waals surface area contributed by atoms with Gasteiger partial charge in [0.15, 0.2) is 0 Å². The molecule has 0 atom stereocenters. The monoisotopic (exact) mass is 342 g/mol. The van der Waals surface area contributed by atoms with E-state index in [1.165, 1.54) is 0 Å². The maximum absolute atomic E-state index is 12.7. The molecule has 4 nitrogen and oxygen atoms in total. The van der Waals surface area contributed by atoms with Gasteiger partial charge < -0.3 is 10.6 Å². The molecule has 1 aliphatic carbocycles. The van der Waals surface area contributed by atoms with Gasteiger partial charge >= 0.3 is 0 Å². The summed E-state index contributed by atoms with van der Waals surface area (Å²) in [5.41, 5.74) is 1.44. The topological polar surface area (TPSA) is 58.2 Å². The minimum Gasteiger partial charge on any atom is -0.325 e. The van der Waals surface area contributed by atoms with Crippen LogP contribution >= 0.6 is 11.6 Å². The highest BCUT2D eigenvalue weighted by Gasteiger charge is 2.56. The van der Waals surface area contributed by atoms with Gasteiger partial charge in [-0.3, -0.25) is 9.59 Å². The van der Waals surface area contributed by atoms with Crippen molar-refractivity contribution in [2.45, 2.75) is 26.2 Å². The van der Waals surface area contributed by atoms with Crippen molar-refractivity contribution in [1.82, 2.24) is 0 Å². The highest BCUT2D eigenvalue weighted by atomic mass is 35.5. The summed E-state index contributed by atoms with van der Waals surface area (Å²) in [7, 11) is 0. The van der Waals surface area contributed by atoms with Crippen LogP contribution in [-0.2, 0) is 16.0 Å². The third-order valence-corrected chi connectivity index (χ3v) is 4.58. The summed E-state index contributed by atoms with van der Waals surface area (Å²) in [4.78, 5) is 25.2. The second-order valence-corrected chi connectivity index (χ2v) is 6.45. The lowest BCUT2D eigenvalue weighted by atomic mass is 10.0. The summed E-state index contributed by atoms with van der Waals surface area (Å²) in [6, 6.07) is 14.6. The standard InChI is InChI=1S/C19H19ClN2O2/c1-2-13-6-3-4-9-16(13)22-18(24)19(10-11-19)17(23)21-15-8-5-7-14(20)12-15/h3-9,12H,2,10-11H2,1H3,(H,21,23)(H,22,24). The lowest BCUT2D eigenvalue weighted by Gasteiger charge is -2.17. The van der Waals surface area contributed by atoms with Crippen molar-refractivity contribution >= 4 is 34.8 Å². The zero-order valence-electron chi connectivity index (χ0n) is 13.4. The van der Waals surface area contributed by atoms with Crippen molar-refractivity contribution in [3.8, 4) is 0 Å². The Morgan fingerprint density at radius 2 is 1.75 bits per heavy atom. The molecule has 0 aliphatic heterocycles. The van der Waals surface area contributed by atoms with E-state index >= 15 is 0 Å². The Morgan fingerprint density at radius 3 is 2.42 bits per heavy atom. The first-order valence-corrected chi connectivity index (χ1v) is 8.39. The SMILES string of the molecule is CCc1ccccc1NC(=O)C1(C(=O)Nc2cccc(Cl)c2)CC1. The van der Waals surface area contributed by atoms with Crippen molar-refractivity contribution in [3.63, 3.8) is 0 Å². The van der Waals surface area contributed by atoms with Crippen LogP contribution in [0.25, 0.3) is 0 Å². The summed E-state index contributed by atoms with van der Waals surface area (Å²) < 4.78 is 0. The van der Waals surface area contributed by atoms with Crippen molar-refractivity contribution < 1.29 is 9.59 Å². The Kier molecular flexibility index (Phi) is 4.58. The number of hydrogen-bond acceptors (Lipinski definition) is 2. The quantitative estimate of drug-likeness (QED) is 0.798. The molecular formula is C19H19ClN2O2. The third-order valence-electron chi connectivity index (χ3n) is 4.35. The van der Waals surface area contributed by atoms with Crippen LogP contribution in [0.3, 0.4) is 0 Å². The van der Waals surface area contributed by atoms with Gasteiger partial charge in [0.05, 0.1) is 0 Å². The molecule has 1 aliphatic rings. The molecule has 1 saturated carbocycles. The summed E-state index contributed by atoms with van der Waals surface area (Å²) in [6.07, 6.45) is 1.93. The molecule has 0 heterocycles. The number of aryl methyl sites for hydroxylation is 1. The predicted molar refractivity (Wildman–Crippen MR) is 96.2 cm³/mol. The normalized spacial score (nSPS) is 14.8. The number of para-hydroxylation sites is 1. The average Bonchev–Trinajstić information content (AvgIpc) is 3.37. The molecule has 2 N–H and O–H groups in total. The minimum atomic E-state index is -0.983. The highest BCUT2D eigenvalue weighted by molar-refractivity contribution is 6.31. The lowest BCUT2D eigenvalue weighted by Crippen LogP contribution is -2.35. The molecule has 1 fully saturated rings. The average molecular weight is 343 g/mol. The first kappa shape index (κ1) is 16.5. The van der Waals surface area contributed by atoms with E-state index in [0.717, 1.165) is 17.7 Å². The zero-order chi connectivity index (χ0) is 17.2. The van der Waals surface area contributed by atoms with E-state index < -0.39 is 5.41 Å². The largest absolute Gasteiger partial charge is 0.325 e. The zero-order valence-corrected chi connectivity index (χ0v) is 14.2. The highest BCUT2D eigenvalue weighted by Crippen LogP contribution is 2.47. The fourth-order valence-electron chi connectivity index (χ4n) is 2.69. The summed E-state index contributed by atoms with van der Waals surface area (Å²) in [5, 5.41) is 6.25. The lowest BCUT2D eigenvalue weighted by molar-refractivity contribution is -0.131. The van der Waals surface area contributed by atoms with Gasteiger partial charge in [-0.05, 0) is 49.1 Å². The van der Waals surface area contributed by atoms with Crippen LogP contribution in [0.15, 0.2) is 48.5 Å². The van der Waals surface area contributed by atoms with Crippen LogP contribution in [0.4, 0.5) is 11.4 Å². The molecule has 2 aromatic rings. The molecule has 0 aromatic heterocycles. The molecule has 2 aromatic carbocycles. The molecule has 5 heteroatoms. The smallest absolute Gasteiger partial charge is 0.240 e. The third kappa shape index (κ3) is 3.29. The Labute approximate surface area is 146 Å². The maximum atomic E-state index is 12.7. The predicted octanol–water partition coefficient (Wildman–Crippen LogP) is 4.26. The molecule has 124 valence electrons. The van der Waals surface area contributed by atoms with Gasteiger partial charge in [0.2, 0.25) is 11.8 Å². The Hall–Kier alpha value is -2.33. The van der Waals surface area contributed by atoms with E-state index in [9.17, 15) is 9.59 Å². The van der Waals surface area contributed by atoms with Crippen molar-refractivity contribution in [1.29, 1.82) is 0 Å².